The molecule has 1 fully saturated rings. The number of ether oxygens (including phenoxy) is 1. The lowest BCUT2D eigenvalue weighted by atomic mass is 10.1. The molecule has 1 aliphatic rings. The largest absolute Gasteiger partial charge is 0.496 e. The lowest BCUT2D eigenvalue weighted by Crippen LogP contribution is -2.21. The maximum atomic E-state index is 11.8. The molecular weight excluding hydrogens is 408 g/mol. The number of benzene rings is 2. The average molecular weight is 437 g/mol. The van der Waals surface area contributed by atoms with Gasteiger partial charge in [-0.1, -0.05) is 42.1 Å². The molecule has 0 unspecified atom stereocenters. The topological polar surface area (TPSA) is 60.2 Å². The van der Waals surface area contributed by atoms with E-state index in [1.54, 1.807) is 31.9 Å². The standard InChI is InChI=1S/C24H28N4O2S/c1-18(29)20-10-11-22(30-2)21(14-20)17-31-24-26-25-23(16-27-12-6-7-13-27)28(24)15-19-8-4-3-5-9-19/h3-5,8-11,14H,6-7,12-13,15-17H2,1-2H3. The van der Waals surface area contributed by atoms with Crippen molar-refractivity contribution < 1.29 is 9.53 Å². The van der Waals surface area contributed by atoms with Crippen LogP contribution in [0, 0.1) is 0 Å². The van der Waals surface area contributed by atoms with Crippen LogP contribution >= 0.6 is 11.8 Å². The first-order chi connectivity index (χ1) is 15.1. The van der Waals surface area contributed by atoms with Gasteiger partial charge < -0.3 is 9.30 Å². The number of hydrogen-bond acceptors (Lipinski definition) is 6. The Bertz CT molecular complexity index is 1030. The van der Waals surface area contributed by atoms with Crippen LogP contribution in [0.3, 0.4) is 0 Å². The number of rotatable bonds is 9. The monoisotopic (exact) mass is 436 g/mol. The molecule has 6 nitrogen and oxygen atoms in total. The van der Waals surface area contributed by atoms with Gasteiger partial charge in [-0.2, -0.15) is 0 Å². The van der Waals surface area contributed by atoms with E-state index in [-0.39, 0.29) is 5.78 Å². The molecule has 1 aromatic heterocycles. The summed E-state index contributed by atoms with van der Waals surface area (Å²) in [6.45, 7) is 5.39. The van der Waals surface area contributed by atoms with Crippen LogP contribution in [0.2, 0.25) is 0 Å². The molecule has 0 bridgehead atoms. The number of hydrogen-bond donors (Lipinski definition) is 0. The van der Waals surface area contributed by atoms with Crippen molar-refractivity contribution in [2.24, 2.45) is 0 Å². The van der Waals surface area contributed by atoms with E-state index in [9.17, 15) is 4.79 Å². The Morgan fingerprint density at radius 2 is 1.84 bits per heavy atom. The second-order valence-electron chi connectivity index (χ2n) is 7.83. The van der Waals surface area contributed by atoms with E-state index in [1.807, 2.05) is 18.2 Å². The summed E-state index contributed by atoms with van der Waals surface area (Å²) in [5, 5.41) is 9.95. The number of carbonyl (C=O) groups excluding carboxylic acids is 1. The van der Waals surface area contributed by atoms with E-state index in [4.69, 9.17) is 4.74 Å². The van der Waals surface area contributed by atoms with Crippen LogP contribution in [0.15, 0.2) is 53.7 Å². The molecule has 2 aromatic carbocycles. The number of aromatic nitrogens is 3. The number of carbonyl (C=O) groups is 1. The van der Waals surface area contributed by atoms with Gasteiger partial charge in [-0.05, 0) is 56.6 Å². The third-order valence-corrected chi connectivity index (χ3v) is 6.60. The van der Waals surface area contributed by atoms with Gasteiger partial charge in [-0.3, -0.25) is 9.69 Å². The van der Waals surface area contributed by atoms with Gasteiger partial charge in [-0.15, -0.1) is 10.2 Å². The number of ketones is 1. The molecule has 0 aliphatic carbocycles. The highest BCUT2D eigenvalue weighted by Crippen LogP contribution is 2.29. The second kappa shape index (κ2) is 10.1. The first-order valence-electron chi connectivity index (χ1n) is 10.6. The van der Waals surface area contributed by atoms with Crippen molar-refractivity contribution in [2.45, 2.75) is 43.8 Å². The lowest BCUT2D eigenvalue weighted by molar-refractivity contribution is 0.101. The molecule has 1 aliphatic heterocycles. The van der Waals surface area contributed by atoms with Crippen molar-refractivity contribution in [2.75, 3.05) is 20.2 Å². The van der Waals surface area contributed by atoms with Gasteiger partial charge in [0.05, 0.1) is 20.2 Å². The summed E-state index contributed by atoms with van der Waals surface area (Å²) in [7, 11) is 1.66. The number of nitrogens with zero attached hydrogens (tertiary/aromatic N) is 4. The highest BCUT2D eigenvalue weighted by molar-refractivity contribution is 7.98. The van der Waals surface area contributed by atoms with Gasteiger partial charge in [0.15, 0.2) is 10.9 Å². The smallest absolute Gasteiger partial charge is 0.191 e. The fourth-order valence-electron chi connectivity index (χ4n) is 3.86. The summed E-state index contributed by atoms with van der Waals surface area (Å²) >= 11 is 1.63. The van der Waals surface area contributed by atoms with Crippen molar-refractivity contribution in [3.8, 4) is 5.75 Å². The van der Waals surface area contributed by atoms with Gasteiger partial charge in [0, 0.05) is 16.9 Å². The van der Waals surface area contributed by atoms with Crippen molar-refractivity contribution in [3.05, 3.63) is 71.0 Å². The zero-order valence-electron chi connectivity index (χ0n) is 18.1. The molecule has 0 radical (unpaired) electrons. The SMILES string of the molecule is COc1ccc(C(C)=O)cc1CSc1nnc(CN2CCCC2)n1Cc1ccccc1. The molecule has 0 N–H and O–H groups in total. The summed E-state index contributed by atoms with van der Waals surface area (Å²) < 4.78 is 7.74. The Labute approximate surface area is 187 Å². The highest BCUT2D eigenvalue weighted by Gasteiger charge is 2.19. The van der Waals surface area contributed by atoms with Crippen molar-refractivity contribution >= 4 is 17.5 Å². The van der Waals surface area contributed by atoms with E-state index in [0.717, 1.165) is 48.5 Å². The minimum Gasteiger partial charge on any atom is -0.496 e. The van der Waals surface area contributed by atoms with Gasteiger partial charge >= 0.3 is 0 Å². The van der Waals surface area contributed by atoms with Crippen LogP contribution in [-0.4, -0.2) is 45.6 Å². The predicted molar refractivity (Wildman–Crippen MR) is 123 cm³/mol. The van der Waals surface area contributed by atoms with Crippen LogP contribution in [0.5, 0.6) is 5.75 Å². The normalized spacial score (nSPS) is 14.1. The quantitative estimate of drug-likeness (QED) is 0.365. The van der Waals surface area contributed by atoms with E-state index in [2.05, 4.69) is 43.9 Å². The third-order valence-electron chi connectivity index (χ3n) is 5.58. The van der Waals surface area contributed by atoms with Gasteiger partial charge in [-0.25, -0.2) is 0 Å². The number of methoxy groups -OCH3 is 1. The molecule has 0 atom stereocenters. The summed E-state index contributed by atoms with van der Waals surface area (Å²) in [6.07, 6.45) is 2.50. The second-order valence-corrected chi connectivity index (χ2v) is 8.77. The van der Waals surface area contributed by atoms with Crippen molar-refractivity contribution in [1.29, 1.82) is 0 Å². The number of likely N-dealkylation sites (tertiary alicyclic amines) is 1. The fourth-order valence-corrected chi connectivity index (χ4v) is 4.80. The fraction of sp³-hybridized carbons (Fsp3) is 0.375. The average Bonchev–Trinajstić information content (AvgIpc) is 3.43. The molecule has 3 aromatic rings. The molecule has 4 rings (SSSR count). The van der Waals surface area contributed by atoms with E-state index >= 15 is 0 Å². The van der Waals surface area contributed by atoms with Crippen molar-refractivity contribution in [3.63, 3.8) is 0 Å². The molecule has 0 spiro atoms. The Hall–Kier alpha value is -2.64. The maximum absolute atomic E-state index is 11.8. The first-order valence-corrected chi connectivity index (χ1v) is 11.6. The number of Topliss-reactive ketones (excluding diaryl/α,β-unsaturated/α-hetero) is 1. The molecule has 2 heterocycles. The summed E-state index contributed by atoms with van der Waals surface area (Å²) in [4.78, 5) is 14.3. The van der Waals surface area contributed by atoms with Crippen LogP contribution in [-0.2, 0) is 18.8 Å². The molecule has 1 saturated heterocycles. The molecule has 7 heteroatoms. The molecule has 0 amide bonds. The van der Waals surface area contributed by atoms with Crippen LogP contribution in [0.25, 0.3) is 0 Å². The highest BCUT2D eigenvalue weighted by atomic mass is 32.2. The maximum Gasteiger partial charge on any atom is 0.191 e. The minimum atomic E-state index is 0.0500. The van der Waals surface area contributed by atoms with Gasteiger partial charge in [0.2, 0.25) is 0 Å². The Morgan fingerprint density at radius 1 is 1.06 bits per heavy atom. The zero-order valence-corrected chi connectivity index (χ0v) is 18.9. The van der Waals surface area contributed by atoms with Crippen LogP contribution in [0.1, 0.15) is 47.1 Å². The Morgan fingerprint density at radius 3 is 2.55 bits per heavy atom. The molecular formula is C24H28N4O2S. The summed E-state index contributed by atoms with van der Waals surface area (Å²) in [5.74, 6) is 2.48. The first kappa shape index (κ1) is 21.6. The van der Waals surface area contributed by atoms with Crippen molar-refractivity contribution in [1.82, 2.24) is 19.7 Å². The van der Waals surface area contributed by atoms with Gasteiger partial charge in [0.25, 0.3) is 0 Å². The van der Waals surface area contributed by atoms with Crippen LogP contribution in [0.4, 0.5) is 0 Å². The van der Waals surface area contributed by atoms with E-state index in [0.29, 0.717) is 11.3 Å². The predicted octanol–water partition coefficient (Wildman–Crippen LogP) is 4.43. The summed E-state index contributed by atoms with van der Waals surface area (Å²) in [5.41, 5.74) is 2.90. The van der Waals surface area contributed by atoms with Crippen LogP contribution < -0.4 is 4.74 Å². The molecule has 162 valence electrons. The molecule has 31 heavy (non-hydrogen) atoms. The van der Waals surface area contributed by atoms with Gasteiger partial charge in [0.1, 0.15) is 11.6 Å². The van der Waals surface area contributed by atoms with E-state index < -0.39 is 0 Å². The van der Waals surface area contributed by atoms with E-state index in [1.165, 1.54) is 18.4 Å². The molecule has 0 saturated carbocycles. The minimum absolute atomic E-state index is 0.0500. The summed E-state index contributed by atoms with van der Waals surface area (Å²) in [6, 6.07) is 16.0. The lowest BCUT2D eigenvalue weighted by Gasteiger charge is -2.16. The zero-order chi connectivity index (χ0) is 21.6. The third kappa shape index (κ3) is 5.35. The Balaban J connectivity index is 1.58. The number of thioether (sulfide) groups is 1. The Kier molecular flexibility index (Phi) is 7.04.